The van der Waals surface area contributed by atoms with Crippen LogP contribution in [0.25, 0.3) is 0 Å². The van der Waals surface area contributed by atoms with E-state index in [0.29, 0.717) is 12.0 Å². The average Bonchev–Trinajstić information content (AvgIpc) is 2.58. The number of hydrogen-bond donors (Lipinski definition) is 1. The molecule has 0 aliphatic carbocycles. The van der Waals surface area contributed by atoms with Crippen LogP contribution in [0.1, 0.15) is 53.4 Å². The standard InChI is InChI=1S/C19H35N3O3/c1-13(2)12-20-18(23)16-6-8-21(9-7-16)17-10-14(3)22(15(4)11-17)19(24)25-5/h13-17H,6-12H2,1-5H3,(H,20,23). The normalized spacial score (nSPS) is 28.9. The topological polar surface area (TPSA) is 61.9 Å². The van der Waals surface area contributed by atoms with Gasteiger partial charge in [-0.15, -0.1) is 0 Å². The fraction of sp³-hybridized carbons (Fsp3) is 0.895. The Kier molecular flexibility index (Phi) is 7.11. The van der Waals surface area contributed by atoms with Crippen LogP contribution in [0.3, 0.4) is 0 Å². The molecule has 2 amide bonds. The van der Waals surface area contributed by atoms with Gasteiger partial charge in [0, 0.05) is 30.6 Å². The van der Waals surface area contributed by atoms with Gasteiger partial charge in [-0.05, 0) is 58.5 Å². The molecule has 0 bridgehead atoms. The van der Waals surface area contributed by atoms with Crippen LogP contribution in [-0.4, -0.2) is 66.7 Å². The second kappa shape index (κ2) is 8.88. The molecule has 2 heterocycles. The number of hydrogen-bond acceptors (Lipinski definition) is 4. The highest BCUT2D eigenvalue weighted by molar-refractivity contribution is 5.78. The third kappa shape index (κ3) is 5.09. The lowest BCUT2D eigenvalue weighted by Gasteiger charge is -2.46. The minimum Gasteiger partial charge on any atom is -0.453 e. The minimum atomic E-state index is -0.223. The number of rotatable bonds is 4. The summed E-state index contributed by atoms with van der Waals surface area (Å²) in [5.74, 6) is 0.864. The van der Waals surface area contributed by atoms with Crippen molar-refractivity contribution in [3.05, 3.63) is 0 Å². The molecular weight excluding hydrogens is 318 g/mol. The first kappa shape index (κ1) is 20.0. The Morgan fingerprint density at radius 3 is 2.16 bits per heavy atom. The molecule has 0 aromatic rings. The quantitative estimate of drug-likeness (QED) is 0.843. The molecule has 2 aliphatic rings. The molecule has 0 spiro atoms. The summed E-state index contributed by atoms with van der Waals surface area (Å²) in [6.45, 7) is 11.2. The number of ether oxygens (including phenoxy) is 1. The van der Waals surface area contributed by atoms with E-state index < -0.39 is 0 Å². The molecule has 2 unspecified atom stereocenters. The van der Waals surface area contributed by atoms with Crippen LogP contribution in [-0.2, 0) is 9.53 Å². The van der Waals surface area contributed by atoms with Gasteiger partial charge < -0.3 is 19.9 Å². The van der Waals surface area contributed by atoms with E-state index in [1.165, 1.54) is 7.11 Å². The van der Waals surface area contributed by atoms with E-state index in [-0.39, 0.29) is 30.0 Å². The van der Waals surface area contributed by atoms with E-state index in [2.05, 4.69) is 37.9 Å². The smallest absolute Gasteiger partial charge is 0.409 e. The lowest BCUT2D eigenvalue weighted by Crippen LogP contribution is -2.56. The van der Waals surface area contributed by atoms with Crippen molar-refractivity contribution < 1.29 is 14.3 Å². The molecule has 2 rings (SSSR count). The van der Waals surface area contributed by atoms with Gasteiger partial charge in [-0.3, -0.25) is 4.79 Å². The molecule has 2 aliphatic heterocycles. The van der Waals surface area contributed by atoms with E-state index >= 15 is 0 Å². The predicted molar refractivity (Wildman–Crippen MR) is 98.3 cm³/mol. The van der Waals surface area contributed by atoms with Gasteiger partial charge in [0.05, 0.1) is 7.11 Å². The molecule has 25 heavy (non-hydrogen) atoms. The van der Waals surface area contributed by atoms with Crippen molar-refractivity contribution in [2.24, 2.45) is 11.8 Å². The minimum absolute atomic E-state index is 0.153. The van der Waals surface area contributed by atoms with Gasteiger partial charge in [-0.1, -0.05) is 13.8 Å². The van der Waals surface area contributed by atoms with E-state index in [1.807, 2.05) is 4.90 Å². The zero-order valence-electron chi connectivity index (χ0n) is 16.5. The highest BCUT2D eigenvalue weighted by Gasteiger charge is 2.38. The van der Waals surface area contributed by atoms with Crippen LogP contribution >= 0.6 is 0 Å². The molecule has 0 saturated carbocycles. The van der Waals surface area contributed by atoms with Crippen LogP contribution in [0.5, 0.6) is 0 Å². The second-order valence-corrected chi connectivity index (χ2v) is 8.15. The fourth-order valence-corrected chi connectivity index (χ4v) is 4.28. The molecule has 0 aromatic carbocycles. The SMILES string of the molecule is COC(=O)N1C(C)CC(N2CCC(C(=O)NCC(C)C)CC2)CC1C. The Balaban J connectivity index is 1.83. The molecule has 2 fully saturated rings. The predicted octanol–water partition coefficient (Wildman–Crippen LogP) is 2.48. The third-order valence-corrected chi connectivity index (χ3v) is 5.66. The summed E-state index contributed by atoms with van der Waals surface area (Å²) < 4.78 is 4.92. The first-order valence-electron chi connectivity index (χ1n) is 9.71. The summed E-state index contributed by atoms with van der Waals surface area (Å²) in [5, 5.41) is 3.07. The van der Waals surface area contributed by atoms with Crippen molar-refractivity contribution in [2.45, 2.75) is 71.5 Å². The third-order valence-electron chi connectivity index (χ3n) is 5.66. The average molecular weight is 354 g/mol. The molecule has 0 radical (unpaired) electrons. The maximum Gasteiger partial charge on any atom is 0.409 e. The highest BCUT2D eigenvalue weighted by Crippen LogP contribution is 2.30. The van der Waals surface area contributed by atoms with Crippen molar-refractivity contribution in [3.63, 3.8) is 0 Å². The van der Waals surface area contributed by atoms with Gasteiger partial charge >= 0.3 is 6.09 Å². The molecule has 1 N–H and O–H groups in total. The van der Waals surface area contributed by atoms with Crippen LogP contribution < -0.4 is 5.32 Å². The van der Waals surface area contributed by atoms with Gasteiger partial charge in [-0.25, -0.2) is 4.79 Å². The summed E-state index contributed by atoms with van der Waals surface area (Å²) in [4.78, 5) is 28.6. The van der Waals surface area contributed by atoms with E-state index in [4.69, 9.17) is 4.74 Å². The van der Waals surface area contributed by atoms with Crippen molar-refractivity contribution in [2.75, 3.05) is 26.7 Å². The first-order valence-corrected chi connectivity index (χ1v) is 9.71. The maximum atomic E-state index is 12.3. The van der Waals surface area contributed by atoms with Crippen LogP contribution in [0, 0.1) is 11.8 Å². The second-order valence-electron chi connectivity index (χ2n) is 8.15. The van der Waals surface area contributed by atoms with Crippen molar-refractivity contribution in [3.8, 4) is 0 Å². The number of methoxy groups -OCH3 is 1. The highest BCUT2D eigenvalue weighted by atomic mass is 16.5. The van der Waals surface area contributed by atoms with Gasteiger partial charge in [0.25, 0.3) is 0 Å². The zero-order chi connectivity index (χ0) is 18.6. The zero-order valence-corrected chi connectivity index (χ0v) is 16.5. The van der Waals surface area contributed by atoms with Crippen LogP contribution in [0.2, 0.25) is 0 Å². The Bertz CT molecular complexity index is 449. The van der Waals surface area contributed by atoms with E-state index in [1.54, 1.807) is 0 Å². The first-order chi connectivity index (χ1) is 11.8. The molecule has 144 valence electrons. The Morgan fingerprint density at radius 2 is 1.68 bits per heavy atom. The van der Waals surface area contributed by atoms with E-state index in [0.717, 1.165) is 45.3 Å². The molecule has 6 nitrogen and oxygen atoms in total. The molecule has 6 heteroatoms. The number of carbonyl (C=O) groups is 2. The summed E-state index contributed by atoms with van der Waals surface area (Å²) in [6, 6.07) is 0.868. The molecule has 2 saturated heterocycles. The monoisotopic (exact) mass is 353 g/mol. The van der Waals surface area contributed by atoms with Gasteiger partial charge in [0.2, 0.25) is 5.91 Å². The number of carbonyl (C=O) groups excluding carboxylic acids is 2. The van der Waals surface area contributed by atoms with Crippen LogP contribution in [0.15, 0.2) is 0 Å². The summed E-state index contributed by atoms with van der Waals surface area (Å²) in [5.41, 5.74) is 0. The summed E-state index contributed by atoms with van der Waals surface area (Å²) >= 11 is 0. The fourth-order valence-electron chi connectivity index (χ4n) is 4.28. The Labute approximate surface area is 152 Å². The number of amides is 2. The summed E-state index contributed by atoms with van der Waals surface area (Å²) in [6.07, 6.45) is 3.60. The molecule has 2 atom stereocenters. The Hall–Kier alpha value is -1.30. The number of piperidine rings is 2. The largest absolute Gasteiger partial charge is 0.453 e. The van der Waals surface area contributed by atoms with Crippen molar-refractivity contribution in [1.29, 1.82) is 0 Å². The van der Waals surface area contributed by atoms with E-state index in [9.17, 15) is 9.59 Å². The molecule has 0 aromatic heterocycles. The van der Waals surface area contributed by atoms with Crippen molar-refractivity contribution in [1.82, 2.24) is 15.1 Å². The van der Waals surface area contributed by atoms with Crippen molar-refractivity contribution >= 4 is 12.0 Å². The Morgan fingerprint density at radius 1 is 1.12 bits per heavy atom. The van der Waals surface area contributed by atoms with Gasteiger partial charge in [0.1, 0.15) is 0 Å². The maximum absolute atomic E-state index is 12.3. The lowest BCUT2D eigenvalue weighted by atomic mass is 9.88. The number of likely N-dealkylation sites (tertiary alicyclic amines) is 2. The number of nitrogens with zero attached hydrogens (tertiary/aromatic N) is 2. The summed E-state index contributed by atoms with van der Waals surface area (Å²) in [7, 11) is 1.45. The molecular formula is C19H35N3O3. The lowest BCUT2D eigenvalue weighted by molar-refractivity contribution is -0.127. The van der Waals surface area contributed by atoms with Gasteiger partial charge in [0.15, 0.2) is 0 Å². The van der Waals surface area contributed by atoms with Crippen LogP contribution in [0.4, 0.5) is 4.79 Å². The van der Waals surface area contributed by atoms with Gasteiger partial charge in [-0.2, -0.15) is 0 Å². The number of nitrogens with one attached hydrogen (secondary N) is 1.